The fourth-order valence-corrected chi connectivity index (χ4v) is 4.25. The lowest BCUT2D eigenvalue weighted by Crippen LogP contribution is -2.53. The molecule has 3 rings (SSSR count). The number of halogens is 1. The van der Waals surface area contributed by atoms with E-state index in [4.69, 9.17) is 10.1 Å². The minimum absolute atomic E-state index is 0.0996. The second-order valence-electron chi connectivity index (χ2n) is 6.95. The van der Waals surface area contributed by atoms with Gasteiger partial charge in [0, 0.05) is 24.9 Å². The fourth-order valence-electron chi connectivity index (χ4n) is 4.25. The molecule has 3 atom stereocenters. The van der Waals surface area contributed by atoms with Crippen LogP contribution in [0.5, 0.6) is 0 Å². The van der Waals surface area contributed by atoms with Crippen LogP contribution in [-0.2, 0) is 4.74 Å². The quantitative estimate of drug-likeness (QED) is 0.775. The first-order chi connectivity index (χ1) is 13.9. The van der Waals surface area contributed by atoms with Crippen LogP contribution in [0.25, 0.3) is 0 Å². The van der Waals surface area contributed by atoms with Gasteiger partial charge in [0.15, 0.2) is 5.41 Å². The minimum atomic E-state index is -1.95. The highest BCUT2D eigenvalue weighted by Crippen LogP contribution is 2.53. The summed E-state index contributed by atoms with van der Waals surface area (Å²) >= 11 is 0. The molecule has 1 aromatic carbocycles. The van der Waals surface area contributed by atoms with E-state index in [0.29, 0.717) is 11.1 Å². The fraction of sp³-hybridized carbons (Fsp3) is 0.381. The Hall–Kier alpha value is -3.70. The molecular weight excluding hydrogens is 373 g/mol. The molecular formula is C21H18FN5O2. The average molecular weight is 391 g/mol. The average Bonchev–Trinajstić information content (AvgIpc) is 2.73. The molecule has 0 radical (unpaired) electrons. The summed E-state index contributed by atoms with van der Waals surface area (Å²) in [7, 11) is 0. The summed E-state index contributed by atoms with van der Waals surface area (Å²) in [6.07, 6.45) is 1.13. The second-order valence-corrected chi connectivity index (χ2v) is 6.95. The van der Waals surface area contributed by atoms with Crippen LogP contribution in [0.2, 0.25) is 0 Å². The highest BCUT2D eigenvalue weighted by atomic mass is 19.1. The van der Waals surface area contributed by atoms with Gasteiger partial charge >= 0.3 is 6.09 Å². The van der Waals surface area contributed by atoms with E-state index >= 15 is 0 Å². The number of carbonyl (C=O) groups excluding carboxylic acids is 1. The van der Waals surface area contributed by atoms with Crippen LogP contribution in [0.3, 0.4) is 0 Å². The first kappa shape index (κ1) is 20.0. The van der Waals surface area contributed by atoms with Crippen molar-refractivity contribution < 1.29 is 13.9 Å². The molecule has 7 nitrogen and oxygen atoms in total. The Bertz CT molecular complexity index is 999. The van der Waals surface area contributed by atoms with Gasteiger partial charge in [-0.1, -0.05) is 18.2 Å². The van der Waals surface area contributed by atoms with Crippen LogP contribution < -0.4 is 0 Å². The van der Waals surface area contributed by atoms with E-state index in [9.17, 15) is 25.0 Å². The maximum atomic E-state index is 14.0. The van der Waals surface area contributed by atoms with Crippen molar-refractivity contribution in [3.8, 4) is 18.2 Å². The SMILES string of the molecule is CCOC(=O)N1CC=C2C(C#N)C(=N)C(C#N)(C#N)[C@H](c3cccc(F)c3)[C@@H]2C1. The summed E-state index contributed by atoms with van der Waals surface area (Å²) in [5.74, 6) is -3.10. The zero-order valence-corrected chi connectivity index (χ0v) is 15.7. The van der Waals surface area contributed by atoms with Crippen LogP contribution >= 0.6 is 0 Å². The third-order valence-electron chi connectivity index (χ3n) is 5.52. The van der Waals surface area contributed by atoms with Crippen molar-refractivity contribution in [2.75, 3.05) is 19.7 Å². The molecule has 1 aromatic rings. The molecule has 1 heterocycles. The van der Waals surface area contributed by atoms with Gasteiger partial charge in [0.1, 0.15) is 11.7 Å². The molecule has 0 spiro atoms. The van der Waals surface area contributed by atoms with Crippen LogP contribution in [0.4, 0.5) is 9.18 Å². The zero-order chi connectivity index (χ0) is 21.2. The zero-order valence-electron chi connectivity index (χ0n) is 15.7. The maximum Gasteiger partial charge on any atom is 0.410 e. The Morgan fingerprint density at radius 1 is 1.38 bits per heavy atom. The van der Waals surface area contributed by atoms with Crippen molar-refractivity contribution in [3.05, 3.63) is 47.3 Å². The molecule has 29 heavy (non-hydrogen) atoms. The maximum absolute atomic E-state index is 14.0. The van der Waals surface area contributed by atoms with Crippen molar-refractivity contribution in [1.82, 2.24) is 4.90 Å². The van der Waals surface area contributed by atoms with E-state index in [1.807, 2.05) is 18.2 Å². The van der Waals surface area contributed by atoms with Gasteiger partial charge in [-0.25, -0.2) is 9.18 Å². The number of hydrogen-bond donors (Lipinski definition) is 1. The lowest BCUT2D eigenvalue weighted by molar-refractivity contribution is 0.0992. The van der Waals surface area contributed by atoms with Gasteiger partial charge in [0.05, 0.1) is 30.5 Å². The standard InChI is InChI=1S/C21H18FN5O2/c1-2-29-20(28)27-7-6-15-16(9-23)19(26)21(11-24,12-25)18(17(15)10-27)13-4-3-5-14(22)8-13/h3-6,8,16-18,26H,2,7,10H2,1H3/t16?,17-,18-/m1/s1. The highest BCUT2D eigenvalue weighted by Gasteiger charge is 2.58. The number of nitrogens with zero attached hydrogens (tertiary/aromatic N) is 4. The summed E-state index contributed by atoms with van der Waals surface area (Å²) in [4.78, 5) is 13.7. The predicted molar refractivity (Wildman–Crippen MR) is 99.8 cm³/mol. The minimum Gasteiger partial charge on any atom is -0.450 e. The van der Waals surface area contributed by atoms with Crippen molar-refractivity contribution >= 4 is 11.8 Å². The summed E-state index contributed by atoms with van der Waals surface area (Å²) in [6, 6.07) is 11.4. The topological polar surface area (TPSA) is 125 Å². The molecule has 1 saturated carbocycles. The first-order valence-electron chi connectivity index (χ1n) is 9.11. The molecule has 8 heteroatoms. The number of carbonyl (C=O) groups is 1. The summed E-state index contributed by atoms with van der Waals surface area (Å²) in [5, 5.41) is 38.0. The third kappa shape index (κ3) is 3.11. The lowest BCUT2D eigenvalue weighted by Gasteiger charge is -2.47. The second kappa shape index (κ2) is 7.73. The number of amides is 1. The number of rotatable bonds is 2. The highest BCUT2D eigenvalue weighted by molar-refractivity contribution is 6.00. The normalized spacial score (nSPS) is 24.9. The first-order valence-corrected chi connectivity index (χ1v) is 9.11. The van der Waals surface area contributed by atoms with Crippen molar-refractivity contribution in [1.29, 1.82) is 21.2 Å². The van der Waals surface area contributed by atoms with Crippen molar-refractivity contribution in [2.45, 2.75) is 12.8 Å². The Labute approximate surface area is 167 Å². The van der Waals surface area contributed by atoms with Gasteiger partial charge in [-0.2, -0.15) is 15.8 Å². The van der Waals surface area contributed by atoms with Crippen LogP contribution in [-0.4, -0.2) is 36.4 Å². The van der Waals surface area contributed by atoms with E-state index in [0.717, 1.165) is 0 Å². The third-order valence-corrected chi connectivity index (χ3v) is 5.52. The van der Waals surface area contributed by atoms with Crippen LogP contribution in [0.15, 0.2) is 35.9 Å². The van der Waals surface area contributed by atoms with Gasteiger partial charge in [-0.05, 0) is 30.2 Å². The largest absolute Gasteiger partial charge is 0.450 e. The molecule has 1 unspecified atom stereocenters. The number of benzene rings is 1. The summed E-state index contributed by atoms with van der Waals surface area (Å²) < 4.78 is 19.0. The molecule has 1 aliphatic heterocycles. The van der Waals surface area contributed by atoms with Crippen molar-refractivity contribution in [3.63, 3.8) is 0 Å². The number of ether oxygens (including phenoxy) is 1. The number of nitrogens with one attached hydrogen (secondary N) is 1. The monoisotopic (exact) mass is 391 g/mol. The Balaban J connectivity index is 2.20. The van der Waals surface area contributed by atoms with E-state index in [1.54, 1.807) is 19.1 Å². The van der Waals surface area contributed by atoms with Crippen molar-refractivity contribution in [2.24, 2.45) is 17.3 Å². The van der Waals surface area contributed by atoms with Gasteiger partial charge in [0.25, 0.3) is 0 Å². The molecule has 1 amide bonds. The van der Waals surface area contributed by atoms with Crippen LogP contribution in [0.1, 0.15) is 18.4 Å². The molecule has 0 saturated heterocycles. The van der Waals surface area contributed by atoms with Gasteiger partial charge in [-0.3, -0.25) is 0 Å². The van der Waals surface area contributed by atoms with Gasteiger partial charge < -0.3 is 15.0 Å². The molecule has 146 valence electrons. The van der Waals surface area contributed by atoms with E-state index in [1.165, 1.54) is 23.1 Å². The lowest BCUT2D eigenvalue weighted by atomic mass is 9.54. The Morgan fingerprint density at radius 3 is 2.69 bits per heavy atom. The molecule has 2 aliphatic rings. The summed E-state index contributed by atoms with van der Waals surface area (Å²) in [5.41, 5.74) is -1.32. The van der Waals surface area contributed by atoms with E-state index in [-0.39, 0.29) is 25.4 Å². The predicted octanol–water partition coefficient (Wildman–Crippen LogP) is 3.13. The van der Waals surface area contributed by atoms with E-state index in [2.05, 4.69) is 0 Å². The molecule has 0 aromatic heterocycles. The van der Waals surface area contributed by atoms with Gasteiger partial charge in [-0.15, -0.1) is 0 Å². The Kier molecular flexibility index (Phi) is 5.35. The molecule has 0 bridgehead atoms. The number of fused-ring (bicyclic) bond motifs is 1. The number of hydrogen-bond acceptors (Lipinski definition) is 6. The van der Waals surface area contributed by atoms with Gasteiger partial charge in [0.2, 0.25) is 0 Å². The molecule has 1 N–H and O–H groups in total. The van der Waals surface area contributed by atoms with Crippen LogP contribution in [0, 0.1) is 62.5 Å². The number of nitriles is 3. The molecule has 1 aliphatic carbocycles. The van der Waals surface area contributed by atoms with E-state index < -0.39 is 35.1 Å². The smallest absolute Gasteiger partial charge is 0.410 e. The molecule has 1 fully saturated rings. The summed E-state index contributed by atoms with van der Waals surface area (Å²) in [6.45, 7) is 2.17. The Morgan fingerprint density at radius 2 is 2.10 bits per heavy atom.